The molecule has 4 rings (SSSR count). The molecule has 146 valence electrons. The van der Waals surface area contributed by atoms with Crippen LogP contribution in [0.4, 0.5) is 4.79 Å². The molecule has 6 heteroatoms. The Bertz CT molecular complexity index is 693. The van der Waals surface area contributed by atoms with Crippen molar-refractivity contribution in [3.05, 3.63) is 35.9 Å². The lowest BCUT2D eigenvalue weighted by atomic mass is 9.75. The first kappa shape index (κ1) is 18.3. The minimum atomic E-state index is -0.957. The van der Waals surface area contributed by atoms with Crippen LogP contribution in [0.15, 0.2) is 30.3 Å². The number of carbonyl (C=O) groups excluding carboxylic acids is 1. The van der Waals surface area contributed by atoms with Gasteiger partial charge < -0.3 is 19.9 Å². The van der Waals surface area contributed by atoms with Crippen molar-refractivity contribution in [3.63, 3.8) is 0 Å². The van der Waals surface area contributed by atoms with Gasteiger partial charge in [0.15, 0.2) is 0 Å². The van der Waals surface area contributed by atoms with Crippen LogP contribution >= 0.6 is 0 Å². The SMILES string of the molecule is O=C(O)NC1CC[C@@H]2[C@@H](C1)CC1(CCC(=O)O1)[C@H]2COCc1ccccc1. The molecule has 3 aliphatic rings. The number of hydrogen-bond acceptors (Lipinski definition) is 4. The summed E-state index contributed by atoms with van der Waals surface area (Å²) in [7, 11) is 0. The van der Waals surface area contributed by atoms with Crippen LogP contribution in [0.2, 0.25) is 0 Å². The summed E-state index contributed by atoms with van der Waals surface area (Å²) in [6, 6.07) is 10.1. The van der Waals surface area contributed by atoms with Crippen molar-refractivity contribution >= 4 is 12.1 Å². The average Bonchev–Trinajstić information content (AvgIpc) is 3.15. The molecule has 0 aromatic heterocycles. The molecule has 1 spiro atoms. The standard InChI is InChI=1S/C21H27NO5/c23-19-8-9-21(27-19)11-15-10-16(22-20(24)25)6-7-17(15)18(21)13-26-12-14-4-2-1-3-5-14/h1-5,15-18,22H,6-13H2,(H,24,25)/t15-,16?,17+,18-,21?/m0/s1. The molecule has 1 aromatic carbocycles. The molecule has 1 amide bonds. The van der Waals surface area contributed by atoms with Gasteiger partial charge in [-0.3, -0.25) is 4.79 Å². The van der Waals surface area contributed by atoms with E-state index in [0.29, 0.717) is 31.5 Å². The summed E-state index contributed by atoms with van der Waals surface area (Å²) in [6.07, 6.45) is 3.73. The number of benzene rings is 1. The van der Waals surface area contributed by atoms with Crippen molar-refractivity contribution < 1.29 is 24.2 Å². The molecule has 1 heterocycles. The normalized spacial score (nSPS) is 35.0. The zero-order valence-corrected chi connectivity index (χ0v) is 15.4. The second kappa shape index (κ2) is 7.50. The monoisotopic (exact) mass is 373 g/mol. The van der Waals surface area contributed by atoms with Gasteiger partial charge in [-0.15, -0.1) is 0 Å². The maximum atomic E-state index is 11.9. The van der Waals surface area contributed by atoms with Crippen LogP contribution in [0.5, 0.6) is 0 Å². The Balaban J connectivity index is 1.44. The first-order valence-corrected chi connectivity index (χ1v) is 9.89. The largest absolute Gasteiger partial charge is 0.465 e. The third kappa shape index (κ3) is 3.81. The number of fused-ring (bicyclic) bond motifs is 1. The number of hydrogen-bond donors (Lipinski definition) is 2. The van der Waals surface area contributed by atoms with Crippen molar-refractivity contribution in [2.45, 2.75) is 56.8 Å². The molecule has 0 radical (unpaired) electrons. The molecule has 6 nitrogen and oxygen atoms in total. The summed E-state index contributed by atoms with van der Waals surface area (Å²) in [4.78, 5) is 22.9. The molecule has 2 aliphatic carbocycles. The van der Waals surface area contributed by atoms with Gasteiger partial charge in [-0.1, -0.05) is 30.3 Å². The van der Waals surface area contributed by atoms with Gasteiger partial charge in [-0.05, 0) is 49.5 Å². The zero-order valence-electron chi connectivity index (χ0n) is 15.4. The maximum Gasteiger partial charge on any atom is 0.404 e. The lowest BCUT2D eigenvalue weighted by molar-refractivity contribution is -0.154. The first-order valence-electron chi connectivity index (χ1n) is 9.89. The van der Waals surface area contributed by atoms with Gasteiger partial charge in [-0.2, -0.15) is 0 Å². The van der Waals surface area contributed by atoms with E-state index in [2.05, 4.69) is 5.32 Å². The van der Waals surface area contributed by atoms with E-state index in [1.54, 1.807) is 0 Å². The van der Waals surface area contributed by atoms with Crippen molar-refractivity contribution in [1.82, 2.24) is 5.32 Å². The second-order valence-electron chi connectivity index (χ2n) is 8.23. The van der Waals surface area contributed by atoms with E-state index in [0.717, 1.165) is 37.7 Å². The van der Waals surface area contributed by atoms with Gasteiger partial charge in [0.05, 0.1) is 13.2 Å². The molecule has 2 N–H and O–H groups in total. The average molecular weight is 373 g/mol. The highest BCUT2D eigenvalue weighted by Gasteiger charge is 2.59. The predicted molar refractivity (Wildman–Crippen MR) is 98.0 cm³/mol. The van der Waals surface area contributed by atoms with Crippen LogP contribution in [-0.4, -0.2) is 35.4 Å². The molecule has 2 unspecified atom stereocenters. The number of esters is 1. The summed E-state index contributed by atoms with van der Waals surface area (Å²) >= 11 is 0. The molecule has 1 saturated heterocycles. The Hall–Kier alpha value is -2.08. The van der Waals surface area contributed by atoms with Crippen LogP contribution in [-0.2, 0) is 20.9 Å². The molecular formula is C21H27NO5. The quantitative estimate of drug-likeness (QED) is 0.773. The summed E-state index contributed by atoms with van der Waals surface area (Å²) in [6.45, 7) is 1.14. The Kier molecular flexibility index (Phi) is 5.08. The van der Waals surface area contributed by atoms with E-state index < -0.39 is 11.7 Å². The third-order valence-corrected chi connectivity index (χ3v) is 6.65. The molecule has 1 aliphatic heterocycles. The van der Waals surface area contributed by atoms with E-state index in [-0.39, 0.29) is 17.9 Å². The highest BCUT2D eigenvalue weighted by Crippen LogP contribution is 2.56. The molecular weight excluding hydrogens is 346 g/mol. The van der Waals surface area contributed by atoms with Gasteiger partial charge >= 0.3 is 12.1 Å². The van der Waals surface area contributed by atoms with Gasteiger partial charge in [0.2, 0.25) is 0 Å². The summed E-state index contributed by atoms with van der Waals surface area (Å²) in [5, 5.41) is 11.7. The van der Waals surface area contributed by atoms with Crippen LogP contribution in [0.3, 0.4) is 0 Å². The number of carboxylic acid groups (broad SMARTS) is 1. The van der Waals surface area contributed by atoms with Crippen LogP contribution in [0.1, 0.15) is 44.1 Å². The highest BCUT2D eigenvalue weighted by molar-refractivity contribution is 5.72. The van der Waals surface area contributed by atoms with Gasteiger partial charge in [0, 0.05) is 18.4 Å². The second-order valence-corrected chi connectivity index (χ2v) is 8.23. The van der Waals surface area contributed by atoms with E-state index in [4.69, 9.17) is 14.6 Å². The van der Waals surface area contributed by atoms with Crippen LogP contribution in [0.25, 0.3) is 0 Å². The van der Waals surface area contributed by atoms with Crippen LogP contribution in [0, 0.1) is 17.8 Å². The maximum absolute atomic E-state index is 11.9. The predicted octanol–water partition coefficient (Wildman–Crippen LogP) is 3.35. The molecule has 2 saturated carbocycles. The lowest BCUT2D eigenvalue weighted by Crippen LogP contribution is -2.41. The summed E-state index contributed by atoms with van der Waals surface area (Å²) in [5.74, 6) is 0.899. The fraction of sp³-hybridized carbons (Fsp3) is 0.619. The fourth-order valence-electron chi connectivity index (χ4n) is 5.54. The van der Waals surface area contributed by atoms with Crippen molar-refractivity contribution in [2.24, 2.45) is 17.8 Å². The Labute approximate surface area is 159 Å². The lowest BCUT2D eigenvalue weighted by Gasteiger charge is -2.35. The topological polar surface area (TPSA) is 84.9 Å². The van der Waals surface area contributed by atoms with E-state index in [9.17, 15) is 9.59 Å². The Morgan fingerprint density at radius 2 is 2.11 bits per heavy atom. The smallest absolute Gasteiger partial charge is 0.404 e. The molecule has 3 fully saturated rings. The number of nitrogens with one attached hydrogen (secondary N) is 1. The third-order valence-electron chi connectivity index (χ3n) is 6.65. The highest BCUT2D eigenvalue weighted by atomic mass is 16.6. The van der Waals surface area contributed by atoms with Crippen molar-refractivity contribution in [3.8, 4) is 0 Å². The summed E-state index contributed by atoms with van der Waals surface area (Å²) in [5.41, 5.74) is 0.722. The van der Waals surface area contributed by atoms with E-state index >= 15 is 0 Å². The van der Waals surface area contributed by atoms with E-state index in [1.165, 1.54) is 0 Å². The van der Waals surface area contributed by atoms with Crippen molar-refractivity contribution in [1.29, 1.82) is 0 Å². The minimum Gasteiger partial charge on any atom is -0.465 e. The molecule has 27 heavy (non-hydrogen) atoms. The van der Waals surface area contributed by atoms with Crippen molar-refractivity contribution in [2.75, 3.05) is 6.61 Å². The Morgan fingerprint density at radius 1 is 1.30 bits per heavy atom. The van der Waals surface area contributed by atoms with E-state index in [1.807, 2.05) is 30.3 Å². The molecule has 1 aromatic rings. The zero-order chi connectivity index (χ0) is 18.9. The van der Waals surface area contributed by atoms with Gasteiger partial charge in [0.1, 0.15) is 5.60 Å². The van der Waals surface area contributed by atoms with Crippen LogP contribution < -0.4 is 5.32 Å². The number of ether oxygens (including phenoxy) is 2. The van der Waals surface area contributed by atoms with Gasteiger partial charge in [-0.25, -0.2) is 4.79 Å². The minimum absolute atomic E-state index is 0.00175. The summed E-state index contributed by atoms with van der Waals surface area (Å²) < 4.78 is 11.9. The molecule has 5 atom stereocenters. The fourth-order valence-corrected chi connectivity index (χ4v) is 5.54. The molecule has 0 bridgehead atoms. The number of rotatable bonds is 5. The van der Waals surface area contributed by atoms with Gasteiger partial charge in [0.25, 0.3) is 0 Å². The number of carbonyl (C=O) groups is 2. The first-order chi connectivity index (χ1) is 13.1. The Morgan fingerprint density at radius 3 is 2.81 bits per heavy atom. The number of amides is 1.